The van der Waals surface area contributed by atoms with Crippen molar-refractivity contribution in [2.75, 3.05) is 11.9 Å². The lowest BCUT2D eigenvalue weighted by molar-refractivity contribution is 0.0992. The second-order valence-electron chi connectivity index (χ2n) is 5.95. The molecule has 0 bridgehead atoms. The molecule has 0 aliphatic carbocycles. The number of terminal acetylenes is 1. The standard InChI is InChI=1S/C21H17ClN2O2/c1-5-15-9-7-10-16(12-15)24(4)21(25)19-14(3)26-23-20(19)18-13(2)8-6-11-17(18)22/h1,6-12H,2-4H3. The molecule has 2 aromatic carbocycles. The Balaban J connectivity index is 2.09. The summed E-state index contributed by atoms with van der Waals surface area (Å²) in [6.45, 7) is 3.63. The molecule has 0 radical (unpaired) electrons. The van der Waals surface area contributed by atoms with Gasteiger partial charge in [-0.05, 0) is 43.7 Å². The average molecular weight is 365 g/mol. The van der Waals surface area contributed by atoms with Crippen LogP contribution in [0.25, 0.3) is 11.3 Å². The van der Waals surface area contributed by atoms with Crippen LogP contribution >= 0.6 is 11.6 Å². The van der Waals surface area contributed by atoms with Gasteiger partial charge in [0.1, 0.15) is 17.0 Å². The fourth-order valence-corrected chi connectivity index (χ4v) is 3.13. The van der Waals surface area contributed by atoms with Crippen LogP contribution in [-0.4, -0.2) is 18.1 Å². The second kappa shape index (κ2) is 7.07. The number of benzene rings is 2. The molecule has 0 fully saturated rings. The van der Waals surface area contributed by atoms with Gasteiger partial charge in [0.15, 0.2) is 0 Å². The van der Waals surface area contributed by atoms with Crippen LogP contribution in [0, 0.1) is 26.2 Å². The molecule has 0 N–H and O–H groups in total. The maximum absolute atomic E-state index is 13.2. The predicted molar refractivity (Wildman–Crippen MR) is 104 cm³/mol. The lowest BCUT2D eigenvalue weighted by atomic mass is 10.0. The van der Waals surface area contributed by atoms with Crippen LogP contribution in [0.5, 0.6) is 0 Å². The molecule has 0 atom stereocenters. The number of carbonyl (C=O) groups excluding carboxylic acids is 1. The number of aromatic nitrogens is 1. The molecule has 0 aliphatic rings. The summed E-state index contributed by atoms with van der Waals surface area (Å²) in [4.78, 5) is 14.7. The van der Waals surface area contributed by atoms with Crippen LogP contribution in [0.15, 0.2) is 47.0 Å². The van der Waals surface area contributed by atoms with Crippen molar-refractivity contribution in [1.82, 2.24) is 5.16 Å². The Morgan fingerprint density at radius 3 is 2.65 bits per heavy atom. The van der Waals surface area contributed by atoms with Gasteiger partial charge in [-0.15, -0.1) is 6.42 Å². The zero-order chi connectivity index (χ0) is 18.8. The van der Waals surface area contributed by atoms with E-state index in [-0.39, 0.29) is 5.91 Å². The number of anilines is 1. The molecule has 1 aromatic heterocycles. The number of carbonyl (C=O) groups is 1. The van der Waals surface area contributed by atoms with Gasteiger partial charge in [0, 0.05) is 23.9 Å². The van der Waals surface area contributed by atoms with Crippen molar-refractivity contribution in [3.8, 4) is 23.6 Å². The van der Waals surface area contributed by atoms with E-state index < -0.39 is 0 Å². The van der Waals surface area contributed by atoms with Crippen LogP contribution in [0.1, 0.15) is 27.2 Å². The SMILES string of the molecule is C#Cc1cccc(N(C)C(=O)c2c(-c3c(C)cccc3Cl)noc2C)c1. The normalized spacial score (nSPS) is 10.4. The third-order valence-corrected chi connectivity index (χ3v) is 4.56. The maximum atomic E-state index is 13.2. The van der Waals surface area contributed by atoms with Crippen molar-refractivity contribution in [3.63, 3.8) is 0 Å². The van der Waals surface area contributed by atoms with Gasteiger partial charge in [-0.2, -0.15) is 0 Å². The molecular formula is C21H17ClN2O2. The number of hydrogen-bond acceptors (Lipinski definition) is 3. The highest BCUT2D eigenvalue weighted by molar-refractivity contribution is 6.33. The number of amides is 1. The van der Waals surface area contributed by atoms with E-state index in [9.17, 15) is 4.79 Å². The highest BCUT2D eigenvalue weighted by atomic mass is 35.5. The minimum absolute atomic E-state index is 0.243. The Bertz CT molecular complexity index is 1010. The number of rotatable bonds is 3. The summed E-state index contributed by atoms with van der Waals surface area (Å²) in [7, 11) is 1.69. The van der Waals surface area contributed by atoms with E-state index in [1.54, 1.807) is 26.1 Å². The van der Waals surface area contributed by atoms with Crippen molar-refractivity contribution in [1.29, 1.82) is 0 Å². The molecule has 130 valence electrons. The fraction of sp³-hybridized carbons (Fsp3) is 0.143. The van der Waals surface area contributed by atoms with E-state index in [2.05, 4.69) is 11.1 Å². The van der Waals surface area contributed by atoms with Gasteiger partial charge in [0.2, 0.25) is 0 Å². The van der Waals surface area contributed by atoms with Crippen LogP contribution in [0.2, 0.25) is 5.02 Å². The van der Waals surface area contributed by atoms with Crippen molar-refractivity contribution in [3.05, 3.63) is 69.9 Å². The molecule has 1 heterocycles. The first-order valence-electron chi connectivity index (χ1n) is 8.00. The van der Waals surface area contributed by atoms with Gasteiger partial charge in [0.25, 0.3) is 5.91 Å². The molecule has 0 aliphatic heterocycles. The fourth-order valence-electron chi connectivity index (χ4n) is 2.82. The lowest BCUT2D eigenvalue weighted by Crippen LogP contribution is -2.27. The van der Waals surface area contributed by atoms with Gasteiger partial charge in [-0.3, -0.25) is 4.79 Å². The molecule has 3 aromatic rings. The quantitative estimate of drug-likeness (QED) is 0.623. The van der Waals surface area contributed by atoms with E-state index in [0.717, 1.165) is 5.56 Å². The summed E-state index contributed by atoms with van der Waals surface area (Å²) < 4.78 is 5.32. The summed E-state index contributed by atoms with van der Waals surface area (Å²) in [6.07, 6.45) is 5.45. The first-order valence-corrected chi connectivity index (χ1v) is 8.38. The van der Waals surface area contributed by atoms with Gasteiger partial charge < -0.3 is 9.42 Å². The Hall–Kier alpha value is -3.03. The first-order chi connectivity index (χ1) is 12.4. The summed E-state index contributed by atoms with van der Waals surface area (Å²) in [5, 5.41) is 4.62. The van der Waals surface area contributed by atoms with Crippen molar-refractivity contribution < 1.29 is 9.32 Å². The zero-order valence-electron chi connectivity index (χ0n) is 14.7. The van der Waals surface area contributed by atoms with Crippen LogP contribution in [0.3, 0.4) is 0 Å². The molecule has 26 heavy (non-hydrogen) atoms. The molecular weight excluding hydrogens is 348 g/mol. The number of aryl methyl sites for hydroxylation is 2. The highest BCUT2D eigenvalue weighted by Crippen LogP contribution is 2.34. The molecule has 0 unspecified atom stereocenters. The minimum atomic E-state index is -0.243. The zero-order valence-corrected chi connectivity index (χ0v) is 15.5. The van der Waals surface area contributed by atoms with Crippen LogP contribution in [-0.2, 0) is 0 Å². The Morgan fingerprint density at radius 2 is 1.96 bits per heavy atom. The summed E-state index contributed by atoms with van der Waals surface area (Å²) in [5.74, 6) is 2.76. The van der Waals surface area contributed by atoms with E-state index in [4.69, 9.17) is 22.5 Å². The third kappa shape index (κ3) is 3.10. The Kier molecular flexibility index (Phi) is 4.83. The first kappa shape index (κ1) is 17.8. The van der Waals surface area contributed by atoms with Gasteiger partial charge in [-0.1, -0.05) is 40.9 Å². The molecule has 4 nitrogen and oxygen atoms in total. The summed E-state index contributed by atoms with van der Waals surface area (Å²) >= 11 is 6.36. The van der Waals surface area contributed by atoms with E-state index in [1.807, 2.05) is 37.3 Å². The molecule has 0 saturated carbocycles. The van der Waals surface area contributed by atoms with Gasteiger partial charge >= 0.3 is 0 Å². The average Bonchev–Trinajstić information content (AvgIpc) is 3.01. The molecule has 0 spiro atoms. The predicted octanol–water partition coefficient (Wildman–Crippen LogP) is 4.87. The maximum Gasteiger partial charge on any atom is 0.263 e. The lowest BCUT2D eigenvalue weighted by Gasteiger charge is -2.18. The van der Waals surface area contributed by atoms with Gasteiger partial charge in [-0.25, -0.2) is 0 Å². The summed E-state index contributed by atoms with van der Waals surface area (Å²) in [5.41, 5.74) is 3.82. The van der Waals surface area contributed by atoms with Crippen molar-refractivity contribution in [2.45, 2.75) is 13.8 Å². The van der Waals surface area contributed by atoms with Crippen LogP contribution < -0.4 is 4.90 Å². The largest absolute Gasteiger partial charge is 0.360 e. The summed E-state index contributed by atoms with van der Waals surface area (Å²) in [6, 6.07) is 12.8. The minimum Gasteiger partial charge on any atom is -0.360 e. The Morgan fingerprint density at radius 1 is 1.23 bits per heavy atom. The Labute approximate surface area is 157 Å². The van der Waals surface area contributed by atoms with Crippen molar-refractivity contribution in [2.24, 2.45) is 0 Å². The second-order valence-corrected chi connectivity index (χ2v) is 6.36. The highest BCUT2D eigenvalue weighted by Gasteiger charge is 2.27. The smallest absolute Gasteiger partial charge is 0.263 e. The number of nitrogens with zero attached hydrogens (tertiary/aromatic N) is 2. The van der Waals surface area contributed by atoms with E-state index in [1.165, 1.54) is 4.90 Å². The molecule has 5 heteroatoms. The number of hydrogen-bond donors (Lipinski definition) is 0. The van der Waals surface area contributed by atoms with Crippen molar-refractivity contribution >= 4 is 23.2 Å². The number of halogens is 1. The molecule has 3 rings (SSSR count). The van der Waals surface area contributed by atoms with Gasteiger partial charge in [0.05, 0.1) is 5.02 Å². The van der Waals surface area contributed by atoms with E-state index >= 15 is 0 Å². The monoisotopic (exact) mass is 364 g/mol. The topological polar surface area (TPSA) is 46.3 Å². The molecule has 1 amide bonds. The van der Waals surface area contributed by atoms with E-state index in [0.29, 0.717) is 38.9 Å². The van der Waals surface area contributed by atoms with Crippen LogP contribution in [0.4, 0.5) is 5.69 Å². The molecule has 0 saturated heterocycles. The third-order valence-electron chi connectivity index (χ3n) is 4.24.